The molecule has 1 heterocycles. The fraction of sp³-hybridized carbons (Fsp3) is 0.182. The lowest BCUT2D eigenvalue weighted by molar-refractivity contribution is 0.558. The van der Waals surface area contributed by atoms with E-state index in [0.29, 0.717) is 5.56 Å². The molecule has 0 aliphatic rings. The summed E-state index contributed by atoms with van der Waals surface area (Å²) in [6.45, 7) is 1.73. The molecule has 1 aromatic carbocycles. The predicted octanol–water partition coefficient (Wildman–Crippen LogP) is 1.57. The number of benzene rings is 1. The molecule has 0 amide bonds. The molecule has 2 aromatic rings. The highest BCUT2D eigenvalue weighted by molar-refractivity contribution is 7.89. The van der Waals surface area contributed by atoms with Crippen molar-refractivity contribution in [1.82, 2.24) is 14.9 Å². The number of nitrogens with one attached hydrogen (secondary N) is 2. The number of aromatic nitrogens is 2. The molecule has 9 heteroatoms. The summed E-state index contributed by atoms with van der Waals surface area (Å²) in [4.78, 5) is -0.580. The van der Waals surface area contributed by atoms with Crippen LogP contribution >= 0.6 is 11.6 Å². The lowest BCUT2D eigenvalue weighted by atomic mass is 10.3. The highest BCUT2D eigenvalue weighted by Gasteiger charge is 2.22. The van der Waals surface area contributed by atoms with Crippen molar-refractivity contribution < 1.29 is 12.8 Å². The zero-order valence-electron chi connectivity index (χ0n) is 10.4. The molecule has 108 valence electrons. The lowest BCUT2D eigenvalue weighted by Gasteiger charge is -2.09. The van der Waals surface area contributed by atoms with Gasteiger partial charge < -0.3 is 5.73 Å². The molecule has 0 unspecified atom stereocenters. The Labute approximate surface area is 120 Å². The summed E-state index contributed by atoms with van der Waals surface area (Å²) >= 11 is 5.70. The lowest BCUT2D eigenvalue weighted by Crippen LogP contribution is -2.24. The molecule has 1 aromatic heterocycles. The van der Waals surface area contributed by atoms with E-state index in [1.807, 2.05) is 0 Å². The van der Waals surface area contributed by atoms with Crippen LogP contribution in [0.4, 0.5) is 10.1 Å². The minimum atomic E-state index is -4.06. The predicted molar refractivity (Wildman–Crippen MR) is 73.2 cm³/mol. The summed E-state index contributed by atoms with van der Waals surface area (Å²) in [7, 11) is -4.06. The topological polar surface area (TPSA) is 101 Å². The zero-order valence-corrected chi connectivity index (χ0v) is 12.0. The number of hydrogen-bond donors (Lipinski definition) is 3. The number of hydrogen-bond acceptors (Lipinski definition) is 4. The number of aryl methyl sites for hydroxylation is 1. The van der Waals surface area contributed by atoms with E-state index in [9.17, 15) is 12.8 Å². The number of halogens is 2. The van der Waals surface area contributed by atoms with Gasteiger partial charge in [0.05, 0.1) is 11.9 Å². The second-order valence-corrected chi connectivity index (χ2v) is 6.32. The van der Waals surface area contributed by atoms with Crippen molar-refractivity contribution in [3.8, 4) is 0 Å². The fourth-order valence-corrected chi connectivity index (χ4v) is 3.01. The maximum absolute atomic E-state index is 13.8. The highest BCUT2D eigenvalue weighted by atomic mass is 35.5. The molecular formula is C11H12ClFN4O2S. The Balaban J connectivity index is 2.29. The maximum atomic E-state index is 13.8. The quantitative estimate of drug-likeness (QED) is 0.745. The van der Waals surface area contributed by atoms with Crippen LogP contribution in [0, 0.1) is 12.7 Å². The van der Waals surface area contributed by atoms with E-state index >= 15 is 0 Å². The minimum absolute atomic E-state index is 0.0173. The molecule has 2 rings (SSSR count). The van der Waals surface area contributed by atoms with Gasteiger partial charge in [0.2, 0.25) is 10.0 Å². The van der Waals surface area contributed by atoms with E-state index in [1.165, 1.54) is 6.20 Å². The van der Waals surface area contributed by atoms with Crippen molar-refractivity contribution in [2.45, 2.75) is 18.4 Å². The Hall–Kier alpha value is -1.64. The molecule has 6 nitrogen and oxygen atoms in total. The van der Waals surface area contributed by atoms with Gasteiger partial charge in [-0.15, -0.1) is 0 Å². The van der Waals surface area contributed by atoms with Gasteiger partial charge in [0.15, 0.2) is 5.82 Å². The molecule has 0 spiro atoms. The Morgan fingerprint density at radius 1 is 1.50 bits per heavy atom. The first-order valence-electron chi connectivity index (χ1n) is 5.54. The third-order valence-corrected chi connectivity index (χ3v) is 4.33. The number of rotatable bonds is 4. The first-order chi connectivity index (χ1) is 9.31. The molecule has 4 N–H and O–H groups in total. The Kier molecular flexibility index (Phi) is 3.98. The van der Waals surface area contributed by atoms with E-state index in [2.05, 4.69) is 14.9 Å². The van der Waals surface area contributed by atoms with Crippen LogP contribution < -0.4 is 10.5 Å². The smallest absolute Gasteiger partial charge is 0.243 e. The average Bonchev–Trinajstić information content (AvgIpc) is 2.77. The summed E-state index contributed by atoms with van der Waals surface area (Å²) in [6, 6.07) is 2.16. The van der Waals surface area contributed by atoms with Gasteiger partial charge >= 0.3 is 0 Å². The number of anilines is 1. The Morgan fingerprint density at radius 2 is 2.20 bits per heavy atom. The standard InChI is InChI=1S/C11H12ClFN4O2S/c1-6-7(4-15-17-6)5-16-20(18,19)10-3-8(12)2-9(14)11(10)13/h2-4,16H,5,14H2,1H3,(H,15,17). The fourth-order valence-electron chi connectivity index (χ4n) is 1.58. The van der Waals surface area contributed by atoms with E-state index in [4.69, 9.17) is 17.3 Å². The molecule has 0 saturated carbocycles. The van der Waals surface area contributed by atoms with E-state index in [1.54, 1.807) is 6.92 Å². The van der Waals surface area contributed by atoms with Crippen molar-refractivity contribution >= 4 is 27.3 Å². The van der Waals surface area contributed by atoms with Crippen LogP contribution in [0.15, 0.2) is 23.2 Å². The second-order valence-electron chi connectivity index (χ2n) is 4.15. The summed E-state index contributed by atoms with van der Waals surface area (Å²) < 4.78 is 40.2. The van der Waals surface area contributed by atoms with Crippen molar-refractivity contribution in [1.29, 1.82) is 0 Å². The third-order valence-electron chi connectivity index (χ3n) is 2.71. The number of nitrogens with two attached hydrogens (primary N) is 1. The third kappa shape index (κ3) is 2.92. The maximum Gasteiger partial charge on any atom is 0.243 e. The number of nitrogen functional groups attached to an aromatic ring is 1. The van der Waals surface area contributed by atoms with Crippen LogP contribution in [0.2, 0.25) is 5.02 Å². The molecule has 20 heavy (non-hydrogen) atoms. The molecule has 0 radical (unpaired) electrons. The second kappa shape index (κ2) is 5.39. The first-order valence-corrected chi connectivity index (χ1v) is 7.40. The van der Waals surface area contributed by atoms with Crippen molar-refractivity contribution in [2.24, 2.45) is 0 Å². The van der Waals surface area contributed by atoms with Gasteiger partial charge in [-0.25, -0.2) is 17.5 Å². The molecule has 0 fully saturated rings. The van der Waals surface area contributed by atoms with Crippen LogP contribution in [0.3, 0.4) is 0 Å². The van der Waals surface area contributed by atoms with Gasteiger partial charge in [-0.3, -0.25) is 5.10 Å². The highest BCUT2D eigenvalue weighted by Crippen LogP contribution is 2.25. The van der Waals surface area contributed by atoms with Crippen LogP contribution in [0.25, 0.3) is 0 Å². The normalized spacial score (nSPS) is 11.8. The molecule has 0 saturated heterocycles. The van der Waals surface area contributed by atoms with Gasteiger partial charge in [-0.2, -0.15) is 5.10 Å². The monoisotopic (exact) mass is 318 g/mol. The van der Waals surface area contributed by atoms with E-state index < -0.39 is 20.7 Å². The molecule has 0 aliphatic heterocycles. The molecule has 0 aliphatic carbocycles. The zero-order chi connectivity index (χ0) is 14.9. The van der Waals surface area contributed by atoms with Crippen molar-refractivity contribution in [3.63, 3.8) is 0 Å². The molecule has 0 atom stereocenters. The van der Waals surface area contributed by atoms with Crippen LogP contribution in [-0.4, -0.2) is 18.6 Å². The average molecular weight is 319 g/mol. The molecule has 0 bridgehead atoms. The SMILES string of the molecule is Cc1[nH]ncc1CNS(=O)(=O)c1cc(Cl)cc(N)c1F. The Bertz CT molecular complexity index is 745. The number of aromatic amines is 1. The first kappa shape index (κ1) is 14.8. The van der Waals surface area contributed by atoms with Crippen LogP contribution in [0.5, 0.6) is 0 Å². The summed E-state index contributed by atoms with van der Waals surface area (Å²) in [5, 5.41) is 6.49. The van der Waals surface area contributed by atoms with Gasteiger partial charge in [-0.1, -0.05) is 11.6 Å². The van der Waals surface area contributed by atoms with E-state index in [0.717, 1.165) is 17.8 Å². The Morgan fingerprint density at radius 3 is 2.80 bits per heavy atom. The summed E-state index contributed by atoms with van der Waals surface area (Å²) in [5.74, 6) is -1.02. The van der Waals surface area contributed by atoms with Gasteiger partial charge in [-0.05, 0) is 19.1 Å². The van der Waals surface area contributed by atoms with Gasteiger partial charge in [0.25, 0.3) is 0 Å². The largest absolute Gasteiger partial charge is 0.396 e. The number of H-pyrrole nitrogens is 1. The summed E-state index contributed by atoms with van der Waals surface area (Å²) in [6.07, 6.45) is 1.49. The number of sulfonamides is 1. The van der Waals surface area contributed by atoms with Gasteiger partial charge in [0.1, 0.15) is 4.90 Å². The molecular weight excluding hydrogens is 307 g/mol. The van der Waals surface area contributed by atoms with E-state index in [-0.39, 0.29) is 17.3 Å². The van der Waals surface area contributed by atoms with Crippen molar-refractivity contribution in [3.05, 3.63) is 40.4 Å². The minimum Gasteiger partial charge on any atom is -0.396 e. The van der Waals surface area contributed by atoms with Crippen LogP contribution in [-0.2, 0) is 16.6 Å². The number of nitrogens with zero attached hydrogens (tertiary/aromatic N) is 1. The summed E-state index contributed by atoms with van der Waals surface area (Å²) in [5.41, 5.74) is 6.42. The van der Waals surface area contributed by atoms with Crippen LogP contribution in [0.1, 0.15) is 11.3 Å². The van der Waals surface area contributed by atoms with Gasteiger partial charge in [0, 0.05) is 22.8 Å². The van der Waals surface area contributed by atoms with Crippen molar-refractivity contribution in [2.75, 3.05) is 5.73 Å².